The van der Waals surface area contributed by atoms with Crippen molar-refractivity contribution < 1.29 is 4.79 Å². The lowest BCUT2D eigenvalue weighted by atomic mass is 10.2. The molecule has 1 unspecified atom stereocenters. The molecule has 1 atom stereocenters. The highest BCUT2D eigenvalue weighted by molar-refractivity contribution is 7.99. The zero-order valence-corrected chi connectivity index (χ0v) is 18.1. The average molecular weight is 450 g/mol. The Morgan fingerprint density at radius 1 is 1.21 bits per heavy atom. The summed E-state index contributed by atoms with van der Waals surface area (Å²) in [5.41, 5.74) is 7.76. The van der Waals surface area contributed by atoms with Crippen LogP contribution in [0, 0.1) is 0 Å². The lowest BCUT2D eigenvalue weighted by Crippen LogP contribution is -2.27. The summed E-state index contributed by atoms with van der Waals surface area (Å²) in [5.74, 6) is 0.757. The van der Waals surface area contributed by atoms with Crippen LogP contribution in [0.4, 0.5) is 11.6 Å². The molecule has 0 radical (unpaired) electrons. The smallest absolute Gasteiger partial charge is 0.247 e. The number of nitrogens with two attached hydrogens (primary N) is 1. The summed E-state index contributed by atoms with van der Waals surface area (Å²) in [7, 11) is 0. The Hall–Kier alpha value is -2.22. The molecule has 1 heterocycles. The van der Waals surface area contributed by atoms with Crippen molar-refractivity contribution in [2.24, 2.45) is 0 Å². The van der Waals surface area contributed by atoms with Gasteiger partial charge < -0.3 is 11.1 Å². The number of anilines is 2. The van der Waals surface area contributed by atoms with Crippen molar-refractivity contribution in [1.29, 1.82) is 0 Å². The number of aryl methyl sites for hydroxylation is 1. The summed E-state index contributed by atoms with van der Waals surface area (Å²) in [6.07, 6.45) is 1.40. The molecule has 3 rings (SSSR count). The SMILES string of the molecule is CCC(C(=O)Nc1ccc(Cl)cc1Cl)n1c(N)nnc1SCCc1ccccc1. The van der Waals surface area contributed by atoms with E-state index in [1.807, 2.05) is 25.1 Å². The zero-order valence-electron chi connectivity index (χ0n) is 15.8. The molecular weight excluding hydrogens is 429 g/mol. The monoisotopic (exact) mass is 449 g/mol. The minimum atomic E-state index is -0.559. The lowest BCUT2D eigenvalue weighted by molar-refractivity contribution is -0.119. The molecule has 6 nitrogen and oxygen atoms in total. The molecule has 0 saturated carbocycles. The second-order valence-corrected chi connectivity index (χ2v) is 8.24. The number of hydrogen-bond acceptors (Lipinski definition) is 5. The van der Waals surface area contributed by atoms with Gasteiger partial charge in [-0.05, 0) is 36.6 Å². The van der Waals surface area contributed by atoms with Gasteiger partial charge in [-0.15, -0.1) is 10.2 Å². The number of amides is 1. The topological polar surface area (TPSA) is 85.8 Å². The molecule has 0 spiro atoms. The number of hydrogen-bond donors (Lipinski definition) is 2. The zero-order chi connectivity index (χ0) is 20.8. The van der Waals surface area contributed by atoms with Crippen LogP contribution in [0.25, 0.3) is 0 Å². The summed E-state index contributed by atoms with van der Waals surface area (Å²) in [4.78, 5) is 12.9. The number of halogens is 2. The molecule has 0 aliphatic carbocycles. The van der Waals surface area contributed by atoms with E-state index in [2.05, 4.69) is 27.6 Å². The van der Waals surface area contributed by atoms with Gasteiger partial charge in [-0.25, -0.2) is 0 Å². The molecule has 0 fully saturated rings. The minimum absolute atomic E-state index is 0.205. The number of nitrogen functional groups attached to an aromatic ring is 1. The predicted molar refractivity (Wildman–Crippen MR) is 120 cm³/mol. The Bertz CT molecular complexity index is 980. The van der Waals surface area contributed by atoms with Gasteiger partial charge in [0, 0.05) is 10.8 Å². The average Bonchev–Trinajstić information content (AvgIpc) is 3.06. The first-order valence-electron chi connectivity index (χ1n) is 9.12. The molecule has 152 valence electrons. The van der Waals surface area contributed by atoms with Gasteiger partial charge in [-0.2, -0.15) is 0 Å². The molecule has 0 saturated heterocycles. The van der Waals surface area contributed by atoms with Crippen LogP contribution < -0.4 is 11.1 Å². The van der Waals surface area contributed by atoms with Gasteiger partial charge in [0.1, 0.15) is 6.04 Å². The first-order valence-corrected chi connectivity index (χ1v) is 10.9. The third-order valence-corrected chi connectivity index (χ3v) is 5.84. The molecule has 3 N–H and O–H groups in total. The van der Waals surface area contributed by atoms with Gasteiger partial charge >= 0.3 is 0 Å². The normalized spacial score (nSPS) is 12.0. The maximum atomic E-state index is 12.9. The second kappa shape index (κ2) is 10.0. The Morgan fingerprint density at radius 3 is 2.66 bits per heavy atom. The van der Waals surface area contributed by atoms with Gasteiger partial charge in [-0.1, -0.05) is 72.2 Å². The fourth-order valence-corrected chi connectivity index (χ4v) is 4.31. The quantitative estimate of drug-likeness (QED) is 0.467. The predicted octanol–water partition coefficient (Wildman–Crippen LogP) is 5.09. The van der Waals surface area contributed by atoms with Crippen LogP contribution in [-0.4, -0.2) is 26.4 Å². The highest BCUT2D eigenvalue weighted by Gasteiger charge is 2.25. The maximum Gasteiger partial charge on any atom is 0.247 e. The number of rotatable bonds is 8. The van der Waals surface area contributed by atoms with E-state index in [0.717, 1.165) is 12.2 Å². The van der Waals surface area contributed by atoms with Crippen LogP contribution >= 0.6 is 35.0 Å². The van der Waals surface area contributed by atoms with Gasteiger partial charge in [0.25, 0.3) is 0 Å². The highest BCUT2D eigenvalue weighted by Crippen LogP contribution is 2.29. The second-order valence-electron chi connectivity index (χ2n) is 6.33. The van der Waals surface area contributed by atoms with Gasteiger partial charge in [0.05, 0.1) is 10.7 Å². The molecule has 0 aliphatic heterocycles. The van der Waals surface area contributed by atoms with E-state index in [-0.39, 0.29) is 11.9 Å². The van der Waals surface area contributed by atoms with E-state index in [9.17, 15) is 4.79 Å². The fraction of sp³-hybridized carbons (Fsp3) is 0.250. The Kier molecular flexibility index (Phi) is 7.41. The van der Waals surface area contributed by atoms with Crippen molar-refractivity contribution in [2.45, 2.75) is 31.0 Å². The highest BCUT2D eigenvalue weighted by atomic mass is 35.5. The molecular formula is C20H21Cl2N5OS. The molecule has 1 aromatic heterocycles. The molecule has 9 heteroatoms. The number of nitrogens with zero attached hydrogens (tertiary/aromatic N) is 3. The van der Waals surface area contributed by atoms with Crippen molar-refractivity contribution in [1.82, 2.24) is 14.8 Å². The number of nitrogens with one attached hydrogen (secondary N) is 1. The van der Waals surface area contributed by atoms with Crippen LogP contribution in [0.2, 0.25) is 10.0 Å². The number of aromatic nitrogens is 3. The van der Waals surface area contributed by atoms with E-state index in [0.29, 0.717) is 27.3 Å². The summed E-state index contributed by atoms with van der Waals surface area (Å²) in [6, 6.07) is 14.5. The van der Waals surface area contributed by atoms with Crippen LogP contribution in [0.15, 0.2) is 53.7 Å². The van der Waals surface area contributed by atoms with Crippen molar-refractivity contribution in [2.75, 3.05) is 16.8 Å². The standard InChI is InChI=1S/C20H21Cl2N5OS/c1-2-17(18(28)24-16-9-8-14(21)12-15(16)22)27-19(23)25-26-20(27)29-11-10-13-6-4-3-5-7-13/h3-9,12,17H,2,10-11H2,1H3,(H2,23,25)(H,24,28). The van der Waals surface area contributed by atoms with Crippen LogP contribution in [0.5, 0.6) is 0 Å². The third kappa shape index (κ3) is 5.44. The van der Waals surface area contributed by atoms with Gasteiger partial charge in [0.15, 0.2) is 5.16 Å². The van der Waals surface area contributed by atoms with Gasteiger partial charge in [0.2, 0.25) is 11.9 Å². The molecule has 1 amide bonds. The molecule has 2 aromatic carbocycles. The molecule has 29 heavy (non-hydrogen) atoms. The van der Waals surface area contributed by atoms with Gasteiger partial charge in [-0.3, -0.25) is 9.36 Å². The fourth-order valence-electron chi connectivity index (χ4n) is 2.88. The van der Waals surface area contributed by atoms with E-state index in [1.165, 1.54) is 17.3 Å². The van der Waals surface area contributed by atoms with Crippen LogP contribution in [0.1, 0.15) is 24.9 Å². The molecule has 0 aliphatic rings. The van der Waals surface area contributed by atoms with E-state index in [4.69, 9.17) is 28.9 Å². The van der Waals surface area contributed by atoms with Crippen LogP contribution in [0.3, 0.4) is 0 Å². The summed E-state index contributed by atoms with van der Waals surface area (Å²) < 4.78 is 1.68. The minimum Gasteiger partial charge on any atom is -0.368 e. The van der Waals surface area contributed by atoms with E-state index in [1.54, 1.807) is 22.8 Å². The molecule has 3 aromatic rings. The molecule has 0 bridgehead atoms. The maximum absolute atomic E-state index is 12.9. The van der Waals surface area contributed by atoms with Crippen molar-refractivity contribution >= 4 is 52.5 Å². The number of thioether (sulfide) groups is 1. The Labute approximate surface area is 183 Å². The van der Waals surface area contributed by atoms with E-state index >= 15 is 0 Å². The first-order chi connectivity index (χ1) is 14.0. The van der Waals surface area contributed by atoms with E-state index < -0.39 is 6.04 Å². The largest absolute Gasteiger partial charge is 0.368 e. The number of carbonyl (C=O) groups excluding carboxylic acids is 1. The number of carbonyl (C=O) groups is 1. The van der Waals surface area contributed by atoms with Crippen molar-refractivity contribution in [3.63, 3.8) is 0 Å². The number of benzene rings is 2. The van der Waals surface area contributed by atoms with Crippen molar-refractivity contribution in [3.8, 4) is 0 Å². The lowest BCUT2D eigenvalue weighted by Gasteiger charge is -2.19. The summed E-state index contributed by atoms with van der Waals surface area (Å²) in [6.45, 7) is 1.91. The Balaban J connectivity index is 1.73. The first kappa shape index (κ1) is 21.5. The third-order valence-electron chi connectivity index (χ3n) is 4.35. The van der Waals surface area contributed by atoms with Crippen molar-refractivity contribution in [3.05, 3.63) is 64.1 Å². The summed E-state index contributed by atoms with van der Waals surface area (Å²) in [5, 5.41) is 12.5. The summed E-state index contributed by atoms with van der Waals surface area (Å²) >= 11 is 13.6. The Morgan fingerprint density at radius 2 is 1.97 bits per heavy atom. The van der Waals surface area contributed by atoms with Crippen LogP contribution in [-0.2, 0) is 11.2 Å².